The first-order valence-electron chi connectivity index (χ1n) is 6.59. The fourth-order valence-electron chi connectivity index (χ4n) is 2.43. The summed E-state index contributed by atoms with van der Waals surface area (Å²) < 4.78 is 7.80. The molecule has 0 unspecified atom stereocenters. The van der Waals surface area contributed by atoms with E-state index in [1.54, 1.807) is 12.5 Å². The number of benzene rings is 1. The molecule has 3 heterocycles. The molecule has 0 radical (unpaired) electrons. The number of aryl methyl sites for hydroxylation is 1. The van der Waals surface area contributed by atoms with Gasteiger partial charge in [0, 0.05) is 18.8 Å². The Hall–Kier alpha value is -2.95. The quantitative estimate of drug-likeness (QED) is 0.563. The van der Waals surface area contributed by atoms with Crippen molar-refractivity contribution in [3.8, 4) is 22.7 Å². The van der Waals surface area contributed by atoms with E-state index in [0.717, 1.165) is 28.1 Å². The van der Waals surface area contributed by atoms with Crippen molar-refractivity contribution in [1.29, 1.82) is 0 Å². The van der Waals surface area contributed by atoms with E-state index in [4.69, 9.17) is 4.42 Å². The predicted molar refractivity (Wildman–Crippen MR) is 79.4 cm³/mol. The lowest BCUT2D eigenvalue weighted by Crippen LogP contribution is -1.90. The second kappa shape index (κ2) is 4.56. The van der Waals surface area contributed by atoms with Crippen LogP contribution in [-0.4, -0.2) is 19.5 Å². The monoisotopic (exact) mass is 276 g/mol. The number of imidazole rings is 1. The van der Waals surface area contributed by atoms with E-state index in [2.05, 4.69) is 15.0 Å². The molecule has 0 saturated heterocycles. The minimum Gasteiger partial charge on any atom is -0.436 e. The number of fused-ring (bicyclic) bond motifs is 1. The Kier molecular flexibility index (Phi) is 2.57. The fourth-order valence-corrected chi connectivity index (χ4v) is 2.43. The normalized spacial score (nSPS) is 11.1. The molecule has 3 aromatic heterocycles. The SMILES string of the molecule is Cn1cnc(-c2ccccc2)c1-c1cc2cncnc2o1. The van der Waals surface area contributed by atoms with E-state index >= 15 is 0 Å². The lowest BCUT2D eigenvalue weighted by Gasteiger charge is -2.03. The third-order valence-electron chi connectivity index (χ3n) is 3.41. The zero-order valence-corrected chi connectivity index (χ0v) is 11.4. The van der Waals surface area contributed by atoms with Crippen molar-refractivity contribution in [3.63, 3.8) is 0 Å². The van der Waals surface area contributed by atoms with Crippen LogP contribution < -0.4 is 0 Å². The van der Waals surface area contributed by atoms with Gasteiger partial charge in [0.15, 0.2) is 5.76 Å². The summed E-state index contributed by atoms with van der Waals surface area (Å²) in [6.07, 6.45) is 5.02. The number of furan rings is 1. The van der Waals surface area contributed by atoms with Crippen LogP contribution >= 0.6 is 0 Å². The molecular formula is C16H12N4O. The van der Waals surface area contributed by atoms with Crippen LogP contribution in [-0.2, 0) is 7.05 Å². The van der Waals surface area contributed by atoms with Crippen LogP contribution in [0.1, 0.15) is 0 Å². The Morgan fingerprint density at radius 1 is 1.10 bits per heavy atom. The topological polar surface area (TPSA) is 56.7 Å². The second-order valence-corrected chi connectivity index (χ2v) is 4.81. The summed E-state index contributed by atoms with van der Waals surface area (Å²) >= 11 is 0. The molecule has 21 heavy (non-hydrogen) atoms. The lowest BCUT2D eigenvalue weighted by molar-refractivity contribution is 0.611. The highest BCUT2D eigenvalue weighted by Crippen LogP contribution is 2.33. The average Bonchev–Trinajstić information content (AvgIpc) is 3.11. The molecule has 5 heteroatoms. The number of nitrogens with zero attached hydrogens (tertiary/aromatic N) is 4. The van der Waals surface area contributed by atoms with Gasteiger partial charge in [-0.2, -0.15) is 0 Å². The predicted octanol–water partition coefficient (Wildman–Crippen LogP) is 3.29. The molecular weight excluding hydrogens is 264 g/mol. The smallest absolute Gasteiger partial charge is 0.229 e. The maximum absolute atomic E-state index is 5.84. The van der Waals surface area contributed by atoms with Crippen LogP contribution in [0.15, 0.2) is 59.7 Å². The molecule has 0 atom stereocenters. The summed E-state index contributed by atoms with van der Waals surface area (Å²) in [5.41, 5.74) is 3.46. The van der Waals surface area contributed by atoms with Crippen molar-refractivity contribution in [3.05, 3.63) is 55.2 Å². The summed E-state index contributed by atoms with van der Waals surface area (Å²) in [6, 6.07) is 12.0. The summed E-state index contributed by atoms with van der Waals surface area (Å²) in [7, 11) is 1.95. The first-order valence-corrected chi connectivity index (χ1v) is 6.59. The molecule has 0 aliphatic heterocycles. The van der Waals surface area contributed by atoms with Gasteiger partial charge in [0.1, 0.15) is 12.0 Å². The number of hydrogen-bond donors (Lipinski definition) is 0. The van der Waals surface area contributed by atoms with Gasteiger partial charge in [-0.15, -0.1) is 0 Å². The first-order chi connectivity index (χ1) is 10.3. The van der Waals surface area contributed by atoms with Gasteiger partial charge in [-0.25, -0.2) is 15.0 Å². The number of hydrogen-bond acceptors (Lipinski definition) is 4. The van der Waals surface area contributed by atoms with E-state index < -0.39 is 0 Å². The van der Waals surface area contributed by atoms with E-state index in [1.165, 1.54) is 6.33 Å². The first kappa shape index (κ1) is 11.8. The van der Waals surface area contributed by atoms with Gasteiger partial charge in [0.25, 0.3) is 0 Å². The average molecular weight is 276 g/mol. The van der Waals surface area contributed by atoms with Crippen LogP contribution in [0.25, 0.3) is 33.8 Å². The van der Waals surface area contributed by atoms with Gasteiger partial charge in [-0.05, 0) is 6.07 Å². The van der Waals surface area contributed by atoms with E-state index in [9.17, 15) is 0 Å². The highest BCUT2D eigenvalue weighted by molar-refractivity contribution is 5.83. The summed E-state index contributed by atoms with van der Waals surface area (Å²) in [4.78, 5) is 12.7. The molecule has 5 nitrogen and oxygen atoms in total. The number of rotatable bonds is 2. The van der Waals surface area contributed by atoms with Crippen LogP contribution in [0.3, 0.4) is 0 Å². The highest BCUT2D eigenvalue weighted by atomic mass is 16.3. The van der Waals surface area contributed by atoms with E-state index in [0.29, 0.717) is 5.71 Å². The molecule has 0 bridgehead atoms. The van der Waals surface area contributed by atoms with Gasteiger partial charge in [0.05, 0.1) is 17.4 Å². The Bertz CT molecular complexity index is 875. The zero-order chi connectivity index (χ0) is 14.2. The van der Waals surface area contributed by atoms with Gasteiger partial charge < -0.3 is 8.98 Å². The second-order valence-electron chi connectivity index (χ2n) is 4.81. The summed E-state index contributed by atoms with van der Waals surface area (Å²) in [5.74, 6) is 0.740. The van der Waals surface area contributed by atoms with E-state index in [-0.39, 0.29) is 0 Å². The van der Waals surface area contributed by atoms with Crippen molar-refractivity contribution in [2.75, 3.05) is 0 Å². The standard InChI is InChI=1S/C16H12N4O/c1-20-10-19-14(11-5-3-2-4-6-11)15(20)13-7-12-8-17-9-18-16(12)21-13/h2-10H,1H3. The molecule has 0 amide bonds. The highest BCUT2D eigenvalue weighted by Gasteiger charge is 2.17. The largest absolute Gasteiger partial charge is 0.436 e. The van der Waals surface area contributed by atoms with Gasteiger partial charge in [-0.1, -0.05) is 30.3 Å². The lowest BCUT2D eigenvalue weighted by atomic mass is 10.1. The minimum absolute atomic E-state index is 0.584. The van der Waals surface area contributed by atoms with Crippen molar-refractivity contribution < 1.29 is 4.42 Å². The summed E-state index contributed by atoms with van der Waals surface area (Å²) in [6.45, 7) is 0. The fraction of sp³-hybridized carbons (Fsp3) is 0.0625. The zero-order valence-electron chi connectivity index (χ0n) is 11.4. The summed E-state index contributed by atoms with van der Waals surface area (Å²) in [5, 5.41) is 0.882. The Morgan fingerprint density at radius 2 is 1.95 bits per heavy atom. The molecule has 0 fully saturated rings. The van der Waals surface area contributed by atoms with Crippen molar-refractivity contribution in [1.82, 2.24) is 19.5 Å². The Morgan fingerprint density at radius 3 is 2.76 bits per heavy atom. The molecule has 0 N–H and O–H groups in total. The minimum atomic E-state index is 0.584. The molecule has 1 aromatic carbocycles. The molecule has 102 valence electrons. The van der Waals surface area contributed by atoms with Crippen molar-refractivity contribution in [2.24, 2.45) is 7.05 Å². The molecule has 0 spiro atoms. The van der Waals surface area contributed by atoms with E-state index in [1.807, 2.05) is 48.0 Å². The molecule has 0 aliphatic rings. The van der Waals surface area contributed by atoms with Gasteiger partial charge in [0.2, 0.25) is 5.71 Å². The Labute approximate surface area is 120 Å². The third-order valence-corrected chi connectivity index (χ3v) is 3.41. The van der Waals surface area contributed by atoms with Crippen molar-refractivity contribution in [2.45, 2.75) is 0 Å². The van der Waals surface area contributed by atoms with Crippen LogP contribution in [0.2, 0.25) is 0 Å². The molecule has 0 aliphatic carbocycles. The molecule has 0 saturated carbocycles. The van der Waals surface area contributed by atoms with Crippen molar-refractivity contribution >= 4 is 11.1 Å². The number of aromatic nitrogens is 4. The molecule has 4 rings (SSSR count). The molecule has 4 aromatic rings. The third kappa shape index (κ3) is 1.90. The van der Waals surface area contributed by atoms with Gasteiger partial charge in [-0.3, -0.25) is 0 Å². The Balaban J connectivity index is 1.94. The van der Waals surface area contributed by atoms with Crippen LogP contribution in [0.5, 0.6) is 0 Å². The van der Waals surface area contributed by atoms with Crippen LogP contribution in [0, 0.1) is 0 Å². The maximum atomic E-state index is 5.84. The van der Waals surface area contributed by atoms with Crippen LogP contribution in [0.4, 0.5) is 0 Å². The maximum Gasteiger partial charge on any atom is 0.229 e. The van der Waals surface area contributed by atoms with Gasteiger partial charge >= 0.3 is 0 Å².